The van der Waals surface area contributed by atoms with Gasteiger partial charge in [0, 0.05) is 6.04 Å². The van der Waals surface area contributed by atoms with Gasteiger partial charge in [-0.25, -0.2) is 0 Å². The minimum absolute atomic E-state index is 0. The van der Waals surface area contributed by atoms with Gasteiger partial charge in [-0.2, -0.15) is 13.2 Å². The quantitative estimate of drug-likeness (QED) is 0.716. The van der Waals surface area contributed by atoms with E-state index in [4.69, 9.17) is 11.5 Å². The van der Waals surface area contributed by atoms with Gasteiger partial charge in [0.15, 0.2) is 6.61 Å². The van der Waals surface area contributed by atoms with Crippen LogP contribution >= 0.6 is 12.4 Å². The molecule has 0 bridgehead atoms. The molecule has 2 atom stereocenters. The van der Waals surface area contributed by atoms with Gasteiger partial charge in [-0.3, -0.25) is 4.79 Å². The maximum Gasteiger partial charge on any atom is 0.422 e. The van der Waals surface area contributed by atoms with Crippen LogP contribution in [0.25, 0.3) is 0 Å². The topological polar surface area (TPSA) is 78.3 Å². The van der Waals surface area contributed by atoms with Crippen molar-refractivity contribution in [2.45, 2.75) is 31.6 Å². The Morgan fingerprint density at radius 1 is 1.40 bits per heavy atom. The Labute approximate surface area is 91.5 Å². The zero-order valence-corrected chi connectivity index (χ0v) is 8.90. The summed E-state index contributed by atoms with van der Waals surface area (Å²) in [6, 6.07) is -1.89. The van der Waals surface area contributed by atoms with Crippen molar-refractivity contribution < 1.29 is 22.7 Å². The number of ether oxygens (including phenoxy) is 1. The molecule has 0 heterocycles. The number of esters is 1. The van der Waals surface area contributed by atoms with Gasteiger partial charge in [0.2, 0.25) is 0 Å². The van der Waals surface area contributed by atoms with Crippen LogP contribution in [0.3, 0.4) is 0 Å². The third-order valence-electron chi connectivity index (χ3n) is 1.58. The minimum Gasteiger partial charge on any atom is -0.455 e. The van der Waals surface area contributed by atoms with Crippen LogP contribution in [-0.2, 0) is 9.53 Å². The molecule has 0 amide bonds. The number of nitrogens with two attached hydrogens (primary N) is 2. The molecule has 4 nitrogen and oxygen atoms in total. The van der Waals surface area contributed by atoms with E-state index >= 15 is 0 Å². The molecule has 92 valence electrons. The third kappa shape index (κ3) is 7.40. The molecule has 2 unspecified atom stereocenters. The van der Waals surface area contributed by atoms with Gasteiger partial charge >= 0.3 is 12.1 Å². The fourth-order valence-corrected chi connectivity index (χ4v) is 0.678. The fraction of sp³-hybridized carbons (Fsp3) is 0.857. The SMILES string of the molecule is CCC(N)C(N)C(=O)OCC(F)(F)F.Cl. The highest BCUT2D eigenvalue weighted by Gasteiger charge is 2.31. The van der Waals surface area contributed by atoms with Crippen molar-refractivity contribution in [1.29, 1.82) is 0 Å². The highest BCUT2D eigenvalue weighted by molar-refractivity contribution is 5.85. The molecule has 0 aromatic carbocycles. The summed E-state index contributed by atoms with van der Waals surface area (Å²) in [5, 5.41) is 0. The van der Waals surface area contributed by atoms with E-state index in [1.54, 1.807) is 6.92 Å². The van der Waals surface area contributed by atoms with Gasteiger partial charge in [-0.1, -0.05) is 6.92 Å². The van der Waals surface area contributed by atoms with E-state index in [0.717, 1.165) is 0 Å². The summed E-state index contributed by atoms with van der Waals surface area (Å²) in [6.45, 7) is 0.0392. The highest BCUT2D eigenvalue weighted by atomic mass is 35.5. The standard InChI is InChI=1S/C7H13F3N2O2.ClH/c1-2-4(11)5(12)6(13)14-3-7(8,9)10;/h4-5H,2-3,11-12H2,1H3;1H. The Bertz CT molecular complexity index is 201. The molecule has 0 rings (SSSR count). The minimum atomic E-state index is -4.54. The molecule has 8 heteroatoms. The van der Waals surface area contributed by atoms with Crippen molar-refractivity contribution in [1.82, 2.24) is 0 Å². The molecule has 0 saturated carbocycles. The summed E-state index contributed by atoms with van der Waals surface area (Å²) in [7, 11) is 0. The summed E-state index contributed by atoms with van der Waals surface area (Å²) in [4.78, 5) is 10.9. The van der Waals surface area contributed by atoms with Crippen LogP contribution in [0.5, 0.6) is 0 Å². The average Bonchev–Trinajstić information content (AvgIpc) is 2.10. The van der Waals surface area contributed by atoms with Crippen LogP contribution in [0.15, 0.2) is 0 Å². The summed E-state index contributed by atoms with van der Waals surface area (Å²) in [5.74, 6) is -1.13. The molecule has 0 aromatic rings. The van der Waals surface area contributed by atoms with Gasteiger partial charge in [0.1, 0.15) is 6.04 Å². The number of halogens is 4. The van der Waals surface area contributed by atoms with Crippen molar-refractivity contribution in [3.05, 3.63) is 0 Å². The zero-order chi connectivity index (χ0) is 11.4. The summed E-state index contributed by atoms with van der Waals surface area (Å²) >= 11 is 0. The predicted octanol–water partition coefficient (Wildman–Crippen LogP) is 0.578. The molecule has 0 fully saturated rings. The van der Waals surface area contributed by atoms with E-state index in [0.29, 0.717) is 6.42 Å². The van der Waals surface area contributed by atoms with Gasteiger partial charge in [-0.05, 0) is 6.42 Å². The monoisotopic (exact) mass is 250 g/mol. The Balaban J connectivity index is 0. The lowest BCUT2D eigenvalue weighted by Crippen LogP contribution is -2.48. The number of hydrogen-bond donors (Lipinski definition) is 2. The summed E-state index contributed by atoms with van der Waals surface area (Å²) < 4.78 is 38.8. The number of carbonyl (C=O) groups excluding carboxylic acids is 1. The Kier molecular flexibility index (Phi) is 7.72. The molecular formula is C7H14ClF3N2O2. The molecule has 15 heavy (non-hydrogen) atoms. The first-order chi connectivity index (χ1) is 6.28. The maximum absolute atomic E-state index is 11.6. The van der Waals surface area contributed by atoms with E-state index < -0.39 is 30.8 Å². The normalized spacial score (nSPS) is 15.1. The molecule has 0 spiro atoms. The Hall–Kier alpha value is -0.530. The van der Waals surface area contributed by atoms with Crippen molar-refractivity contribution in [3.8, 4) is 0 Å². The first-order valence-electron chi connectivity index (χ1n) is 4.02. The van der Waals surface area contributed by atoms with Crippen molar-refractivity contribution in [3.63, 3.8) is 0 Å². The summed E-state index contributed by atoms with van der Waals surface area (Å²) in [6.07, 6.45) is -4.14. The molecule has 0 aliphatic carbocycles. The largest absolute Gasteiger partial charge is 0.455 e. The van der Waals surface area contributed by atoms with E-state index in [1.807, 2.05) is 0 Å². The maximum atomic E-state index is 11.6. The lowest BCUT2D eigenvalue weighted by atomic mass is 10.1. The average molecular weight is 251 g/mol. The predicted molar refractivity (Wildman–Crippen MR) is 50.5 cm³/mol. The van der Waals surface area contributed by atoms with E-state index in [-0.39, 0.29) is 12.4 Å². The van der Waals surface area contributed by atoms with Crippen LogP contribution in [0, 0.1) is 0 Å². The van der Waals surface area contributed by atoms with E-state index in [1.165, 1.54) is 0 Å². The number of rotatable bonds is 4. The number of carbonyl (C=O) groups is 1. The molecule has 0 aromatic heterocycles. The zero-order valence-electron chi connectivity index (χ0n) is 8.08. The van der Waals surface area contributed by atoms with Crippen LogP contribution in [0.1, 0.15) is 13.3 Å². The van der Waals surface area contributed by atoms with E-state index in [2.05, 4.69) is 4.74 Å². The molecule has 0 aliphatic rings. The molecule has 0 radical (unpaired) electrons. The van der Waals surface area contributed by atoms with Gasteiger partial charge in [-0.15, -0.1) is 12.4 Å². The fourth-order valence-electron chi connectivity index (χ4n) is 0.678. The molecular weight excluding hydrogens is 237 g/mol. The van der Waals surface area contributed by atoms with Gasteiger partial charge in [0.25, 0.3) is 0 Å². The van der Waals surface area contributed by atoms with Crippen molar-refractivity contribution in [2.24, 2.45) is 11.5 Å². The second kappa shape index (κ2) is 6.86. The first-order valence-corrected chi connectivity index (χ1v) is 4.02. The van der Waals surface area contributed by atoms with Crippen LogP contribution in [0.2, 0.25) is 0 Å². The van der Waals surface area contributed by atoms with Crippen molar-refractivity contribution >= 4 is 18.4 Å². The highest BCUT2D eigenvalue weighted by Crippen LogP contribution is 2.14. The van der Waals surface area contributed by atoms with Crippen LogP contribution in [-0.4, -0.2) is 30.8 Å². The smallest absolute Gasteiger partial charge is 0.422 e. The van der Waals surface area contributed by atoms with Crippen molar-refractivity contribution in [2.75, 3.05) is 6.61 Å². The Morgan fingerprint density at radius 3 is 2.20 bits per heavy atom. The first kappa shape index (κ1) is 16.9. The second-order valence-corrected chi connectivity index (χ2v) is 2.82. The Morgan fingerprint density at radius 2 is 1.87 bits per heavy atom. The van der Waals surface area contributed by atoms with Gasteiger partial charge < -0.3 is 16.2 Å². The van der Waals surface area contributed by atoms with Gasteiger partial charge in [0.05, 0.1) is 0 Å². The lowest BCUT2D eigenvalue weighted by Gasteiger charge is -2.17. The molecule has 0 aliphatic heterocycles. The molecule has 4 N–H and O–H groups in total. The number of hydrogen-bond acceptors (Lipinski definition) is 4. The summed E-state index contributed by atoms with van der Waals surface area (Å²) in [5.41, 5.74) is 10.6. The molecule has 0 saturated heterocycles. The number of alkyl halides is 3. The lowest BCUT2D eigenvalue weighted by molar-refractivity contribution is -0.187. The van der Waals surface area contributed by atoms with Crippen LogP contribution in [0.4, 0.5) is 13.2 Å². The third-order valence-corrected chi connectivity index (χ3v) is 1.58. The second-order valence-electron chi connectivity index (χ2n) is 2.82. The van der Waals surface area contributed by atoms with E-state index in [9.17, 15) is 18.0 Å². The van der Waals surface area contributed by atoms with Crippen LogP contribution < -0.4 is 11.5 Å².